The Morgan fingerprint density at radius 3 is 2.42 bits per heavy atom. The molecule has 1 fully saturated rings. The van der Waals surface area contributed by atoms with Crippen LogP contribution in [0.25, 0.3) is 0 Å². The van der Waals surface area contributed by atoms with E-state index in [1.807, 2.05) is 0 Å². The van der Waals surface area contributed by atoms with E-state index in [2.05, 4.69) is 62.2 Å². The number of rotatable bonds is 4. The average Bonchev–Trinajstić information content (AvgIpc) is 2.35. The van der Waals surface area contributed by atoms with Crippen molar-refractivity contribution in [2.45, 2.75) is 52.7 Å². The van der Waals surface area contributed by atoms with Crippen molar-refractivity contribution in [1.29, 1.82) is 0 Å². The zero-order valence-electron chi connectivity index (χ0n) is 12.8. The van der Waals surface area contributed by atoms with Crippen molar-refractivity contribution in [3.05, 3.63) is 35.4 Å². The van der Waals surface area contributed by atoms with Crippen LogP contribution >= 0.6 is 0 Å². The first-order valence-electron chi connectivity index (χ1n) is 7.60. The topological polar surface area (TPSA) is 15.3 Å². The van der Waals surface area contributed by atoms with Gasteiger partial charge in [-0.3, -0.25) is 4.90 Å². The molecule has 0 spiro atoms. The molecule has 0 aromatic heterocycles. The third kappa shape index (κ3) is 4.32. The fourth-order valence-corrected chi connectivity index (χ4v) is 2.80. The molecule has 19 heavy (non-hydrogen) atoms. The Hall–Kier alpha value is -0.860. The maximum atomic E-state index is 3.54. The van der Waals surface area contributed by atoms with E-state index in [0.717, 1.165) is 25.6 Å². The second-order valence-electron chi connectivity index (χ2n) is 6.50. The number of hydrogen-bond acceptors (Lipinski definition) is 2. The zero-order chi connectivity index (χ0) is 13.8. The first-order valence-corrected chi connectivity index (χ1v) is 7.60. The Bertz CT molecular complexity index is 383. The van der Waals surface area contributed by atoms with Gasteiger partial charge in [-0.1, -0.05) is 38.1 Å². The Balaban J connectivity index is 1.95. The van der Waals surface area contributed by atoms with Crippen LogP contribution in [0, 0.1) is 5.92 Å². The summed E-state index contributed by atoms with van der Waals surface area (Å²) in [6.07, 6.45) is 1.18. The van der Waals surface area contributed by atoms with Crippen LogP contribution in [-0.4, -0.2) is 30.1 Å². The summed E-state index contributed by atoms with van der Waals surface area (Å²) in [5.41, 5.74) is 2.90. The lowest BCUT2D eigenvalue weighted by Gasteiger charge is -2.37. The van der Waals surface area contributed by atoms with Gasteiger partial charge in [0.2, 0.25) is 0 Å². The minimum Gasteiger partial charge on any atom is -0.311 e. The molecule has 2 nitrogen and oxygen atoms in total. The van der Waals surface area contributed by atoms with Gasteiger partial charge in [0.25, 0.3) is 0 Å². The summed E-state index contributed by atoms with van der Waals surface area (Å²) in [6, 6.07) is 10.4. The highest BCUT2D eigenvalue weighted by molar-refractivity contribution is 5.23. The molecule has 1 aliphatic rings. The summed E-state index contributed by atoms with van der Waals surface area (Å²) in [5, 5.41) is 3.54. The summed E-state index contributed by atoms with van der Waals surface area (Å²) in [6.45, 7) is 12.5. The van der Waals surface area contributed by atoms with E-state index in [1.54, 1.807) is 0 Å². The minimum atomic E-state index is 0.608. The second-order valence-corrected chi connectivity index (χ2v) is 6.50. The Kier molecular flexibility index (Phi) is 5.00. The molecule has 1 aliphatic heterocycles. The van der Waals surface area contributed by atoms with Crippen LogP contribution in [0.5, 0.6) is 0 Å². The third-order valence-electron chi connectivity index (χ3n) is 3.95. The van der Waals surface area contributed by atoms with Gasteiger partial charge < -0.3 is 5.32 Å². The minimum absolute atomic E-state index is 0.608. The molecule has 2 atom stereocenters. The normalized spacial score (nSPS) is 24.9. The molecule has 106 valence electrons. The maximum Gasteiger partial charge on any atom is 0.0237 e. The number of hydrogen-bond donors (Lipinski definition) is 1. The molecule has 0 aliphatic carbocycles. The maximum absolute atomic E-state index is 3.54. The standard InChI is InChI=1S/C17H28N2/c1-13(2)9-16-5-7-17(8-6-16)12-19-11-14(3)18-10-15(19)4/h5-8,13-15,18H,9-12H2,1-4H3. The van der Waals surface area contributed by atoms with Crippen LogP contribution < -0.4 is 5.32 Å². The first-order chi connectivity index (χ1) is 9.04. The molecule has 0 bridgehead atoms. The lowest BCUT2D eigenvalue weighted by atomic mass is 10.0. The fraction of sp³-hybridized carbons (Fsp3) is 0.647. The van der Waals surface area contributed by atoms with Gasteiger partial charge in [0.1, 0.15) is 0 Å². The van der Waals surface area contributed by atoms with E-state index in [9.17, 15) is 0 Å². The molecular formula is C17H28N2. The predicted octanol–water partition coefficient (Wildman–Crippen LogP) is 3.07. The lowest BCUT2D eigenvalue weighted by molar-refractivity contribution is 0.139. The van der Waals surface area contributed by atoms with E-state index in [-0.39, 0.29) is 0 Å². The van der Waals surface area contributed by atoms with Crippen LogP contribution in [0.15, 0.2) is 24.3 Å². The van der Waals surface area contributed by atoms with Gasteiger partial charge in [0.15, 0.2) is 0 Å². The van der Waals surface area contributed by atoms with Crippen molar-refractivity contribution in [1.82, 2.24) is 10.2 Å². The van der Waals surface area contributed by atoms with Gasteiger partial charge in [-0.05, 0) is 37.3 Å². The molecule has 2 heteroatoms. The van der Waals surface area contributed by atoms with Crippen molar-refractivity contribution < 1.29 is 0 Å². The largest absolute Gasteiger partial charge is 0.311 e. The molecular weight excluding hydrogens is 232 g/mol. The highest BCUT2D eigenvalue weighted by Crippen LogP contribution is 2.14. The molecule has 2 rings (SSSR count). The summed E-state index contributed by atoms with van der Waals surface area (Å²) in [4.78, 5) is 2.58. The molecule has 0 amide bonds. The second kappa shape index (κ2) is 6.53. The summed E-state index contributed by atoms with van der Waals surface area (Å²) in [7, 11) is 0. The first kappa shape index (κ1) is 14.5. The van der Waals surface area contributed by atoms with Gasteiger partial charge >= 0.3 is 0 Å². The van der Waals surface area contributed by atoms with Crippen LogP contribution in [0.4, 0.5) is 0 Å². The smallest absolute Gasteiger partial charge is 0.0237 e. The summed E-state index contributed by atoms with van der Waals surface area (Å²) < 4.78 is 0. The summed E-state index contributed by atoms with van der Waals surface area (Å²) in [5.74, 6) is 0.736. The highest BCUT2D eigenvalue weighted by atomic mass is 15.2. The number of nitrogens with one attached hydrogen (secondary N) is 1. The number of piperazine rings is 1. The molecule has 1 N–H and O–H groups in total. The quantitative estimate of drug-likeness (QED) is 0.895. The van der Waals surface area contributed by atoms with Gasteiger partial charge in [0, 0.05) is 31.7 Å². The van der Waals surface area contributed by atoms with Gasteiger partial charge in [0.05, 0.1) is 0 Å². The van der Waals surface area contributed by atoms with Crippen molar-refractivity contribution in [3.63, 3.8) is 0 Å². The number of benzene rings is 1. The van der Waals surface area contributed by atoms with Crippen LogP contribution in [0.3, 0.4) is 0 Å². The zero-order valence-corrected chi connectivity index (χ0v) is 12.8. The molecule has 1 heterocycles. The molecule has 1 saturated heterocycles. The monoisotopic (exact) mass is 260 g/mol. The van der Waals surface area contributed by atoms with Gasteiger partial charge in [-0.25, -0.2) is 0 Å². The molecule has 1 aromatic carbocycles. The van der Waals surface area contributed by atoms with Crippen molar-refractivity contribution in [3.8, 4) is 0 Å². The van der Waals surface area contributed by atoms with Crippen LogP contribution in [0.1, 0.15) is 38.8 Å². The highest BCUT2D eigenvalue weighted by Gasteiger charge is 2.21. The van der Waals surface area contributed by atoms with Crippen molar-refractivity contribution >= 4 is 0 Å². The van der Waals surface area contributed by atoms with E-state index in [4.69, 9.17) is 0 Å². The van der Waals surface area contributed by atoms with Crippen LogP contribution in [0.2, 0.25) is 0 Å². The van der Waals surface area contributed by atoms with E-state index in [0.29, 0.717) is 12.1 Å². The predicted molar refractivity (Wildman–Crippen MR) is 82.3 cm³/mol. The van der Waals surface area contributed by atoms with Crippen molar-refractivity contribution in [2.24, 2.45) is 5.92 Å². The average molecular weight is 260 g/mol. The third-order valence-corrected chi connectivity index (χ3v) is 3.95. The molecule has 2 unspecified atom stereocenters. The van der Waals surface area contributed by atoms with Gasteiger partial charge in [-0.15, -0.1) is 0 Å². The molecule has 1 aromatic rings. The van der Waals surface area contributed by atoms with E-state index < -0.39 is 0 Å². The Morgan fingerprint density at radius 1 is 1.16 bits per heavy atom. The van der Waals surface area contributed by atoms with E-state index in [1.165, 1.54) is 17.5 Å². The molecule has 0 radical (unpaired) electrons. The molecule has 0 saturated carbocycles. The Morgan fingerprint density at radius 2 is 1.79 bits per heavy atom. The van der Waals surface area contributed by atoms with Crippen molar-refractivity contribution in [2.75, 3.05) is 13.1 Å². The summed E-state index contributed by atoms with van der Waals surface area (Å²) >= 11 is 0. The van der Waals surface area contributed by atoms with E-state index >= 15 is 0 Å². The lowest BCUT2D eigenvalue weighted by Crippen LogP contribution is -2.53. The van der Waals surface area contributed by atoms with Crippen LogP contribution in [-0.2, 0) is 13.0 Å². The fourth-order valence-electron chi connectivity index (χ4n) is 2.80. The SMILES string of the molecule is CC(C)Cc1ccc(CN2CC(C)NCC2C)cc1. The Labute approximate surface area is 118 Å². The van der Waals surface area contributed by atoms with Gasteiger partial charge in [-0.2, -0.15) is 0 Å². The number of nitrogens with zero attached hydrogens (tertiary/aromatic N) is 1.